The SMILES string of the molecule is CCCCC(=O)[O-].CCCCC(=O)[O-].CCCCC(=O)[O-].CCCCC(=O)[O-].[C+4]. The van der Waals surface area contributed by atoms with Crippen molar-refractivity contribution in [3.8, 4) is 0 Å². The number of carboxylic acid groups (broad SMARTS) is 4. The summed E-state index contributed by atoms with van der Waals surface area (Å²) in [5, 5.41) is 38.6. The number of hydrogen-bond acceptors (Lipinski definition) is 8. The Kier molecular flexibility index (Phi) is 43.4. The first-order chi connectivity index (χ1) is 13.1. The van der Waals surface area contributed by atoms with Gasteiger partial charge in [-0.15, -0.1) is 0 Å². The van der Waals surface area contributed by atoms with Crippen molar-refractivity contribution >= 4 is 23.9 Å². The molecule has 0 aliphatic rings. The van der Waals surface area contributed by atoms with Crippen molar-refractivity contribution in [3.63, 3.8) is 0 Å². The average molecular weight is 417 g/mol. The van der Waals surface area contributed by atoms with Crippen LogP contribution in [0.25, 0.3) is 0 Å². The number of hydrogen-bond donors (Lipinski definition) is 0. The second kappa shape index (κ2) is 33.5. The van der Waals surface area contributed by atoms with Gasteiger partial charge in [-0.05, 0) is 51.4 Å². The number of carboxylic acids is 4. The second-order valence-electron chi connectivity index (χ2n) is 5.90. The Hall–Kier alpha value is -2.12. The average Bonchev–Trinajstić information content (AvgIpc) is 2.62. The van der Waals surface area contributed by atoms with Crippen LogP contribution < -0.4 is 20.4 Å². The molecule has 0 amide bonds. The number of aliphatic carboxylic acids is 4. The quantitative estimate of drug-likeness (QED) is 0.422. The van der Waals surface area contributed by atoms with E-state index in [1.54, 1.807) is 0 Å². The summed E-state index contributed by atoms with van der Waals surface area (Å²) in [6.07, 6.45) is 7.47. The van der Waals surface area contributed by atoms with Crippen LogP contribution in [-0.4, -0.2) is 23.9 Å². The van der Waals surface area contributed by atoms with Crippen molar-refractivity contribution in [1.82, 2.24) is 0 Å². The molecule has 0 aliphatic heterocycles. The van der Waals surface area contributed by atoms with Crippen LogP contribution in [0, 0.1) is 7.43 Å². The Morgan fingerprint density at radius 3 is 0.621 bits per heavy atom. The molecule has 0 N–H and O–H groups in total. The predicted molar refractivity (Wildman–Crippen MR) is 101 cm³/mol. The molecule has 0 spiro atoms. The molecule has 0 saturated carbocycles. The zero-order valence-corrected chi connectivity index (χ0v) is 18.3. The molecule has 0 unspecified atom stereocenters. The normalized spacial score (nSPS) is 8.41. The van der Waals surface area contributed by atoms with E-state index >= 15 is 0 Å². The summed E-state index contributed by atoms with van der Waals surface area (Å²) >= 11 is 0. The van der Waals surface area contributed by atoms with Gasteiger partial charge >= 0.3 is 7.43 Å². The zero-order valence-electron chi connectivity index (χ0n) is 18.3. The molecule has 0 saturated heterocycles. The molecule has 168 valence electrons. The van der Waals surface area contributed by atoms with Gasteiger partial charge in [0.2, 0.25) is 0 Å². The van der Waals surface area contributed by atoms with E-state index in [2.05, 4.69) is 0 Å². The monoisotopic (exact) mass is 416 g/mol. The minimum Gasteiger partial charge on any atom is -0.550 e. The third kappa shape index (κ3) is 76.6. The van der Waals surface area contributed by atoms with Gasteiger partial charge < -0.3 is 39.6 Å². The van der Waals surface area contributed by atoms with Crippen molar-refractivity contribution in [2.24, 2.45) is 0 Å². The van der Waals surface area contributed by atoms with Crippen LogP contribution in [0.5, 0.6) is 0 Å². The molecule has 0 fully saturated rings. The van der Waals surface area contributed by atoms with Crippen LogP contribution in [0.3, 0.4) is 0 Å². The molecule has 0 heterocycles. The molecule has 0 aromatic heterocycles. The maximum Gasteiger partial charge on any atom is 4.00 e. The van der Waals surface area contributed by atoms with Crippen molar-refractivity contribution in [2.75, 3.05) is 0 Å². The van der Waals surface area contributed by atoms with Gasteiger partial charge in [0.05, 0.1) is 0 Å². The molecule has 0 aromatic carbocycles. The van der Waals surface area contributed by atoms with E-state index in [4.69, 9.17) is 0 Å². The van der Waals surface area contributed by atoms with Gasteiger partial charge in [-0.2, -0.15) is 0 Å². The Labute approximate surface area is 176 Å². The van der Waals surface area contributed by atoms with E-state index in [1.807, 2.05) is 27.7 Å². The van der Waals surface area contributed by atoms with E-state index in [1.165, 1.54) is 0 Å². The predicted octanol–water partition coefficient (Wildman–Crippen LogP) is -0.213. The summed E-state index contributed by atoms with van der Waals surface area (Å²) in [7, 11) is 0. The first kappa shape index (κ1) is 37.6. The van der Waals surface area contributed by atoms with E-state index < -0.39 is 23.9 Å². The first-order valence-electron chi connectivity index (χ1n) is 9.88. The molecule has 0 radical (unpaired) electrons. The number of rotatable bonds is 12. The third-order valence-electron chi connectivity index (χ3n) is 2.94. The Morgan fingerprint density at radius 1 is 0.448 bits per heavy atom. The van der Waals surface area contributed by atoms with E-state index in [0.29, 0.717) is 0 Å². The van der Waals surface area contributed by atoms with Gasteiger partial charge in [0.1, 0.15) is 0 Å². The molecule has 29 heavy (non-hydrogen) atoms. The van der Waals surface area contributed by atoms with Crippen molar-refractivity contribution in [1.29, 1.82) is 0 Å². The summed E-state index contributed by atoms with van der Waals surface area (Å²) in [6, 6.07) is 0. The van der Waals surface area contributed by atoms with Crippen molar-refractivity contribution in [2.45, 2.75) is 105 Å². The number of carbonyl (C=O) groups is 4. The van der Waals surface area contributed by atoms with Crippen LogP contribution in [0.15, 0.2) is 0 Å². The summed E-state index contributed by atoms with van der Waals surface area (Å²) in [5.41, 5.74) is 0. The van der Waals surface area contributed by atoms with Gasteiger partial charge in [-0.3, -0.25) is 0 Å². The standard InChI is InChI=1S/4C5H10O2.C/c4*1-2-3-4-5(6)7;/h4*2-4H2,1H3,(H,6,7);/q;;;;+4/p-4. The number of carbonyl (C=O) groups excluding carboxylic acids is 4. The van der Waals surface area contributed by atoms with Crippen LogP contribution >= 0.6 is 0 Å². The third-order valence-corrected chi connectivity index (χ3v) is 2.94. The van der Waals surface area contributed by atoms with Gasteiger partial charge in [-0.25, -0.2) is 0 Å². The second-order valence-corrected chi connectivity index (χ2v) is 5.90. The topological polar surface area (TPSA) is 161 Å². The fourth-order valence-electron chi connectivity index (χ4n) is 1.28. The maximum atomic E-state index is 9.65. The van der Waals surface area contributed by atoms with Gasteiger partial charge in [0.15, 0.2) is 0 Å². The molecule has 0 atom stereocenters. The van der Waals surface area contributed by atoms with Gasteiger partial charge in [0, 0.05) is 23.9 Å². The molecule has 0 rings (SSSR count). The molecule has 0 bridgehead atoms. The molecular weight excluding hydrogens is 380 g/mol. The fourth-order valence-corrected chi connectivity index (χ4v) is 1.28. The summed E-state index contributed by atoms with van der Waals surface area (Å²) in [4.78, 5) is 38.6. The van der Waals surface area contributed by atoms with Crippen molar-refractivity contribution < 1.29 is 39.6 Å². The number of unbranched alkanes of at least 4 members (excludes halogenated alkanes) is 4. The summed E-state index contributed by atoms with van der Waals surface area (Å²) < 4.78 is 0. The maximum absolute atomic E-state index is 9.65. The Bertz CT molecular complexity index is 309. The summed E-state index contributed by atoms with van der Waals surface area (Å²) in [6.45, 7) is 7.79. The summed E-state index contributed by atoms with van der Waals surface area (Å²) in [5.74, 6) is -3.77. The molecule has 0 aromatic rings. The van der Waals surface area contributed by atoms with Crippen molar-refractivity contribution in [3.05, 3.63) is 7.43 Å². The van der Waals surface area contributed by atoms with Gasteiger partial charge in [-0.1, -0.05) is 53.4 Å². The minimum atomic E-state index is -0.943. The molecule has 8 heteroatoms. The minimum absolute atomic E-state index is 0. The smallest absolute Gasteiger partial charge is 0.550 e. The van der Waals surface area contributed by atoms with Crippen LogP contribution in [0.2, 0.25) is 0 Å². The Balaban J connectivity index is -0.0000000873. The zero-order chi connectivity index (χ0) is 22.8. The molecule has 0 aliphatic carbocycles. The molecule has 8 nitrogen and oxygen atoms in total. The van der Waals surface area contributed by atoms with Crippen LogP contribution in [-0.2, 0) is 19.2 Å². The van der Waals surface area contributed by atoms with Gasteiger partial charge in [0.25, 0.3) is 0 Å². The fraction of sp³-hybridized carbons (Fsp3) is 0.762. The Morgan fingerprint density at radius 2 is 0.586 bits per heavy atom. The van der Waals surface area contributed by atoms with Crippen LogP contribution in [0.1, 0.15) is 105 Å². The molecular formula is C21H36O8. The van der Waals surface area contributed by atoms with Crippen LogP contribution in [0.4, 0.5) is 0 Å². The van der Waals surface area contributed by atoms with E-state index in [-0.39, 0.29) is 33.1 Å². The first-order valence-corrected chi connectivity index (χ1v) is 9.88. The van der Waals surface area contributed by atoms with E-state index in [9.17, 15) is 39.6 Å². The van der Waals surface area contributed by atoms with E-state index in [0.717, 1.165) is 51.4 Å². The largest absolute Gasteiger partial charge is 4.00 e.